The minimum absolute atomic E-state index is 0.00481. The van der Waals surface area contributed by atoms with Crippen LogP contribution in [0.4, 0.5) is 5.69 Å². The van der Waals surface area contributed by atoms with Crippen molar-refractivity contribution in [3.8, 4) is 0 Å². The Balaban J connectivity index is 2.81. The van der Waals surface area contributed by atoms with E-state index in [1.54, 1.807) is 12.0 Å². The van der Waals surface area contributed by atoms with E-state index >= 15 is 0 Å². The molecule has 6 heteroatoms. The maximum absolute atomic E-state index is 12.1. The van der Waals surface area contributed by atoms with E-state index in [1.807, 2.05) is 13.8 Å². The Hall–Kier alpha value is -1.56. The van der Waals surface area contributed by atoms with Gasteiger partial charge < -0.3 is 15.4 Å². The molecule has 6 nitrogen and oxygen atoms in total. The van der Waals surface area contributed by atoms with E-state index in [1.165, 1.54) is 6.20 Å². The summed E-state index contributed by atoms with van der Waals surface area (Å²) in [6.45, 7) is 4.93. The maximum atomic E-state index is 12.1. The Morgan fingerprint density at radius 3 is 2.88 bits per heavy atom. The van der Waals surface area contributed by atoms with Gasteiger partial charge in [-0.2, -0.15) is 5.10 Å². The van der Waals surface area contributed by atoms with Gasteiger partial charge in [-0.1, -0.05) is 0 Å². The molecule has 1 heterocycles. The summed E-state index contributed by atoms with van der Waals surface area (Å²) in [7, 11) is 1.61. The molecule has 1 amide bonds. The first-order valence-corrected chi connectivity index (χ1v) is 5.20. The van der Waals surface area contributed by atoms with Crippen LogP contribution in [0.2, 0.25) is 0 Å². The second-order valence-electron chi connectivity index (χ2n) is 3.60. The van der Waals surface area contributed by atoms with Crippen molar-refractivity contribution in [2.75, 3.05) is 26.0 Å². The van der Waals surface area contributed by atoms with Crippen LogP contribution in [0.1, 0.15) is 24.3 Å². The van der Waals surface area contributed by atoms with Gasteiger partial charge in [0.1, 0.15) is 5.69 Å². The second-order valence-corrected chi connectivity index (χ2v) is 3.60. The van der Waals surface area contributed by atoms with Crippen molar-refractivity contribution in [3.05, 3.63) is 11.9 Å². The number of methoxy groups -OCH3 is 1. The molecule has 0 aromatic carbocycles. The average molecular weight is 226 g/mol. The molecule has 1 atom stereocenters. The smallest absolute Gasteiger partial charge is 0.274 e. The number of rotatable bonds is 5. The lowest BCUT2D eigenvalue weighted by Crippen LogP contribution is -2.41. The number of carbonyl (C=O) groups is 1. The fourth-order valence-electron chi connectivity index (χ4n) is 1.60. The van der Waals surface area contributed by atoms with E-state index in [9.17, 15) is 4.79 Å². The van der Waals surface area contributed by atoms with Crippen LogP contribution in [0.15, 0.2) is 6.20 Å². The van der Waals surface area contributed by atoms with E-state index in [4.69, 9.17) is 10.5 Å². The number of anilines is 1. The third-order valence-electron chi connectivity index (χ3n) is 2.42. The van der Waals surface area contributed by atoms with Crippen LogP contribution in [0.5, 0.6) is 0 Å². The highest BCUT2D eigenvalue weighted by molar-refractivity contribution is 5.97. The fraction of sp³-hybridized carbons (Fsp3) is 0.600. The summed E-state index contributed by atoms with van der Waals surface area (Å²) in [6.07, 6.45) is 1.43. The Morgan fingerprint density at radius 1 is 1.75 bits per heavy atom. The normalized spacial score (nSPS) is 12.4. The molecule has 1 unspecified atom stereocenters. The third-order valence-corrected chi connectivity index (χ3v) is 2.42. The summed E-state index contributed by atoms with van der Waals surface area (Å²) in [5.41, 5.74) is 6.34. The fourth-order valence-corrected chi connectivity index (χ4v) is 1.60. The Morgan fingerprint density at radius 2 is 2.44 bits per heavy atom. The van der Waals surface area contributed by atoms with Gasteiger partial charge in [-0.05, 0) is 13.8 Å². The average Bonchev–Trinajstić information content (AvgIpc) is 2.65. The number of aromatic amines is 1. The van der Waals surface area contributed by atoms with Gasteiger partial charge in [0.15, 0.2) is 0 Å². The van der Waals surface area contributed by atoms with Crippen LogP contribution in [0, 0.1) is 0 Å². The number of nitrogens with one attached hydrogen (secondary N) is 1. The van der Waals surface area contributed by atoms with E-state index in [2.05, 4.69) is 10.2 Å². The van der Waals surface area contributed by atoms with E-state index in [0.717, 1.165) is 0 Å². The number of ether oxygens (including phenoxy) is 1. The lowest BCUT2D eigenvalue weighted by molar-refractivity contribution is 0.0574. The van der Waals surface area contributed by atoms with Crippen molar-refractivity contribution >= 4 is 11.6 Å². The van der Waals surface area contributed by atoms with Gasteiger partial charge in [0.05, 0.1) is 24.5 Å². The van der Waals surface area contributed by atoms with Crippen LogP contribution in [0.25, 0.3) is 0 Å². The molecule has 16 heavy (non-hydrogen) atoms. The summed E-state index contributed by atoms with van der Waals surface area (Å²) in [6, 6.07) is 0.00481. The number of likely N-dealkylation sites (N-methyl/N-ethyl adjacent to an activating group) is 1. The first-order chi connectivity index (χ1) is 7.61. The monoisotopic (exact) mass is 226 g/mol. The largest absolute Gasteiger partial charge is 0.396 e. The first-order valence-electron chi connectivity index (χ1n) is 5.20. The number of nitrogens with two attached hydrogens (primary N) is 1. The summed E-state index contributed by atoms with van der Waals surface area (Å²) in [4.78, 5) is 13.8. The van der Waals surface area contributed by atoms with Crippen molar-refractivity contribution in [3.63, 3.8) is 0 Å². The van der Waals surface area contributed by atoms with Gasteiger partial charge >= 0.3 is 0 Å². The molecule has 0 fully saturated rings. The lowest BCUT2D eigenvalue weighted by atomic mass is 10.2. The first kappa shape index (κ1) is 12.5. The van der Waals surface area contributed by atoms with Gasteiger partial charge in [-0.15, -0.1) is 0 Å². The number of nitrogen functional groups attached to an aromatic ring is 1. The highest BCUT2D eigenvalue weighted by Gasteiger charge is 2.22. The van der Waals surface area contributed by atoms with E-state index < -0.39 is 0 Å². The van der Waals surface area contributed by atoms with Gasteiger partial charge in [-0.3, -0.25) is 9.89 Å². The number of hydrogen-bond donors (Lipinski definition) is 2. The van der Waals surface area contributed by atoms with Gasteiger partial charge in [-0.25, -0.2) is 0 Å². The molecule has 0 spiro atoms. The molecule has 90 valence electrons. The predicted octanol–water partition coefficient (Wildman–Crippen LogP) is 0.489. The highest BCUT2D eigenvalue weighted by Crippen LogP contribution is 2.12. The topological polar surface area (TPSA) is 84.2 Å². The van der Waals surface area contributed by atoms with Crippen molar-refractivity contribution < 1.29 is 9.53 Å². The third kappa shape index (κ3) is 2.52. The zero-order valence-corrected chi connectivity index (χ0v) is 9.86. The summed E-state index contributed by atoms with van der Waals surface area (Å²) in [5.74, 6) is -0.151. The van der Waals surface area contributed by atoms with Crippen molar-refractivity contribution in [2.24, 2.45) is 0 Å². The summed E-state index contributed by atoms with van der Waals surface area (Å²) < 4.78 is 5.03. The van der Waals surface area contributed by atoms with Crippen molar-refractivity contribution in [1.29, 1.82) is 0 Å². The zero-order valence-electron chi connectivity index (χ0n) is 9.86. The van der Waals surface area contributed by atoms with Crippen LogP contribution in [-0.4, -0.2) is 47.3 Å². The molecular weight excluding hydrogens is 208 g/mol. The Bertz CT molecular complexity index is 350. The van der Waals surface area contributed by atoms with Crippen molar-refractivity contribution in [1.82, 2.24) is 15.1 Å². The molecule has 0 saturated carbocycles. The number of aromatic nitrogens is 2. The lowest BCUT2D eigenvalue weighted by Gasteiger charge is -2.27. The molecule has 3 N–H and O–H groups in total. The molecule has 0 bridgehead atoms. The number of amides is 1. The van der Waals surface area contributed by atoms with Crippen LogP contribution < -0.4 is 5.73 Å². The van der Waals surface area contributed by atoms with Gasteiger partial charge in [0.2, 0.25) is 0 Å². The maximum Gasteiger partial charge on any atom is 0.274 e. The number of carbonyl (C=O) groups excluding carboxylic acids is 1. The number of H-pyrrole nitrogens is 1. The quantitative estimate of drug-likeness (QED) is 0.765. The van der Waals surface area contributed by atoms with Crippen molar-refractivity contribution in [2.45, 2.75) is 19.9 Å². The highest BCUT2D eigenvalue weighted by atomic mass is 16.5. The summed E-state index contributed by atoms with van der Waals surface area (Å²) >= 11 is 0. The molecule has 0 radical (unpaired) electrons. The molecule has 1 aromatic rings. The molecule has 0 aliphatic rings. The number of hydrogen-bond acceptors (Lipinski definition) is 4. The molecule has 1 aromatic heterocycles. The van der Waals surface area contributed by atoms with E-state index in [-0.39, 0.29) is 11.9 Å². The minimum atomic E-state index is -0.151. The summed E-state index contributed by atoms with van der Waals surface area (Å²) in [5, 5.41) is 6.35. The molecule has 0 aliphatic carbocycles. The molecular formula is C10H18N4O2. The van der Waals surface area contributed by atoms with Crippen LogP contribution >= 0.6 is 0 Å². The Kier molecular flexibility index (Phi) is 4.30. The molecule has 0 saturated heterocycles. The predicted molar refractivity (Wildman–Crippen MR) is 61.0 cm³/mol. The Labute approximate surface area is 94.8 Å². The minimum Gasteiger partial charge on any atom is -0.396 e. The van der Waals surface area contributed by atoms with Gasteiger partial charge in [0, 0.05) is 13.7 Å². The molecule has 0 aliphatic heterocycles. The van der Waals surface area contributed by atoms with Crippen LogP contribution in [0.3, 0.4) is 0 Å². The van der Waals surface area contributed by atoms with E-state index in [0.29, 0.717) is 24.5 Å². The van der Waals surface area contributed by atoms with Crippen LogP contribution in [-0.2, 0) is 4.74 Å². The zero-order chi connectivity index (χ0) is 12.1. The number of nitrogens with zero attached hydrogens (tertiary/aromatic N) is 2. The second kappa shape index (κ2) is 5.50. The SMILES string of the molecule is CCN(C(=O)c1[nH]ncc1N)C(C)COC. The molecule has 1 rings (SSSR count). The van der Waals surface area contributed by atoms with Gasteiger partial charge in [0.25, 0.3) is 5.91 Å². The standard InChI is InChI=1S/C10H18N4O2/c1-4-14(7(2)6-16-3)10(15)9-8(11)5-12-13-9/h5,7H,4,6,11H2,1-3H3,(H,12,13).